The molecule has 0 spiro atoms. The molecule has 0 saturated heterocycles. The average molecular weight is 264 g/mol. The van der Waals surface area contributed by atoms with Crippen LogP contribution in [0.25, 0.3) is 0 Å². The molecule has 2 aromatic rings. The van der Waals surface area contributed by atoms with Crippen LogP contribution in [0.2, 0.25) is 0 Å². The number of benzene rings is 1. The summed E-state index contributed by atoms with van der Waals surface area (Å²) in [6, 6.07) is 4.47. The Hall–Kier alpha value is -2.71. The normalized spacial score (nSPS) is 10.2. The van der Waals surface area contributed by atoms with Crippen molar-refractivity contribution in [3.8, 4) is 5.75 Å². The van der Waals surface area contributed by atoms with Gasteiger partial charge in [0.15, 0.2) is 5.82 Å². The van der Waals surface area contributed by atoms with E-state index in [-0.39, 0.29) is 5.69 Å². The summed E-state index contributed by atoms with van der Waals surface area (Å²) in [4.78, 5) is 10.4. The van der Waals surface area contributed by atoms with Gasteiger partial charge in [-0.2, -0.15) is 5.21 Å². The molecule has 0 fully saturated rings. The number of aromatic nitrogens is 4. The number of non-ortho nitro benzene ring substituents is 1. The summed E-state index contributed by atoms with van der Waals surface area (Å²) in [6.45, 7) is 2.56. The molecule has 0 radical (unpaired) electrons. The summed E-state index contributed by atoms with van der Waals surface area (Å²) in [6.07, 6.45) is 0. The molecule has 0 unspecified atom stereocenters. The molecule has 9 nitrogen and oxygen atoms in total. The van der Waals surface area contributed by atoms with Crippen molar-refractivity contribution in [3.05, 3.63) is 34.1 Å². The highest BCUT2D eigenvalue weighted by molar-refractivity contribution is 5.56. The molecule has 0 saturated carbocycles. The lowest BCUT2D eigenvalue weighted by Crippen LogP contribution is -2.03. The van der Waals surface area contributed by atoms with Crippen molar-refractivity contribution < 1.29 is 9.66 Å². The number of hydrogen-bond donors (Lipinski definition) is 2. The first-order chi connectivity index (χ1) is 9.19. The summed E-state index contributed by atoms with van der Waals surface area (Å²) < 4.78 is 5.28. The Bertz CT molecular complexity index is 556. The summed E-state index contributed by atoms with van der Waals surface area (Å²) in [5.74, 6) is 0.900. The maximum Gasteiger partial charge on any atom is 0.275 e. The van der Waals surface area contributed by atoms with Crippen molar-refractivity contribution in [1.29, 1.82) is 0 Å². The van der Waals surface area contributed by atoms with Gasteiger partial charge in [0.25, 0.3) is 5.69 Å². The van der Waals surface area contributed by atoms with Gasteiger partial charge in [-0.25, -0.2) is 0 Å². The number of aromatic amines is 1. The van der Waals surface area contributed by atoms with E-state index in [1.807, 2.05) is 6.92 Å². The fourth-order valence-electron chi connectivity index (χ4n) is 1.48. The first-order valence-corrected chi connectivity index (χ1v) is 5.57. The Kier molecular flexibility index (Phi) is 3.86. The van der Waals surface area contributed by atoms with E-state index in [2.05, 4.69) is 25.9 Å². The second-order valence-corrected chi connectivity index (χ2v) is 3.59. The predicted octanol–water partition coefficient (Wildman–Crippen LogP) is 1.12. The van der Waals surface area contributed by atoms with Gasteiger partial charge in [-0.05, 0) is 6.92 Å². The van der Waals surface area contributed by atoms with Gasteiger partial charge in [0, 0.05) is 17.8 Å². The molecule has 0 aliphatic rings. The molecule has 0 atom stereocenters. The van der Waals surface area contributed by atoms with Gasteiger partial charge in [0.2, 0.25) is 0 Å². The lowest BCUT2D eigenvalue weighted by atomic mass is 10.2. The quantitative estimate of drug-likeness (QED) is 0.592. The van der Waals surface area contributed by atoms with E-state index >= 15 is 0 Å². The highest BCUT2D eigenvalue weighted by Gasteiger charge is 2.10. The van der Waals surface area contributed by atoms with Crippen molar-refractivity contribution in [2.24, 2.45) is 0 Å². The molecule has 1 aromatic heterocycles. The Labute approximate surface area is 108 Å². The minimum absolute atomic E-state index is 0.0402. The molecule has 0 aliphatic heterocycles. The molecule has 0 amide bonds. The second-order valence-electron chi connectivity index (χ2n) is 3.59. The summed E-state index contributed by atoms with van der Waals surface area (Å²) in [7, 11) is 0. The number of nitrogens with one attached hydrogen (secondary N) is 2. The third-order valence-corrected chi connectivity index (χ3v) is 2.25. The fourth-order valence-corrected chi connectivity index (χ4v) is 1.48. The monoisotopic (exact) mass is 264 g/mol. The maximum absolute atomic E-state index is 10.8. The van der Waals surface area contributed by atoms with Gasteiger partial charge in [-0.3, -0.25) is 10.1 Å². The van der Waals surface area contributed by atoms with Gasteiger partial charge in [-0.15, -0.1) is 10.2 Å². The zero-order chi connectivity index (χ0) is 13.7. The van der Waals surface area contributed by atoms with Crippen LogP contribution in [0.1, 0.15) is 12.7 Å². The van der Waals surface area contributed by atoms with E-state index in [4.69, 9.17) is 4.74 Å². The van der Waals surface area contributed by atoms with Crippen LogP contribution in [0.15, 0.2) is 18.2 Å². The van der Waals surface area contributed by atoms with E-state index < -0.39 is 4.92 Å². The standard InChI is InChI=1S/C10H12N6O3/c1-2-19-9-4-7(3-8(5-9)16(17)18)11-6-10-12-14-15-13-10/h3-5,11H,2,6H2,1H3,(H,12,13,14,15). The van der Waals surface area contributed by atoms with Crippen LogP contribution in [0.4, 0.5) is 11.4 Å². The van der Waals surface area contributed by atoms with Gasteiger partial charge >= 0.3 is 0 Å². The van der Waals surface area contributed by atoms with Crippen molar-refractivity contribution in [2.75, 3.05) is 11.9 Å². The number of ether oxygens (including phenoxy) is 1. The number of nitro benzene ring substituents is 1. The Balaban J connectivity index is 2.16. The highest BCUT2D eigenvalue weighted by atomic mass is 16.6. The third-order valence-electron chi connectivity index (χ3n) is 2.25. The SMILES string of the molecule is CCOc1cc(NCc2nn[nH]n2)cc([N+](=O)[O-])c1. The van der Waals surface area contributed by atoms with Crippen LogP contribution in [-0.4, -0.2) is 32.2 Å². The molecule has 2 rings (SSSR count). The minimum atomic E-state index is -0.470. The van der Waals surface area contributed by atoms with Crippen LogP contribution >= 0.6 is 0 Å². The van der Waals surface area contributed by atoms with Crippen molar-refractivity contribution >= 4 is 11.4 Å². The predicted molar refractivity (Wildman–Crippen MR) is 65.8 cm³/mol. The molecule has 2 N–H and O–H groups in total. The van der Waals surface area contributed by atoms with Crippen LogP contribution < -0.4 is 10.1 Å². The van der Waals surface area contributed by atoms with Crippen LogP contribution in [-0.2, 0) is 6.54 Å². The summed E-state index contributed by atoms with van der Waals surface area (Å²) >= 11 is 0. The van der Waals surface area contributed by atoms with Gasteiger partial charge in [-0.1, -0.05) is 5.21 Å². The van der Waals surface area contributed by atoms with Crippen molar-refractivity contribution in [1.82, 2.24) is 20.6 Å². The first kappa shape index (κ1) is 12.7. The lowest BCUT2D eigenvalue weighted by molar-refractivity contribution is -0.384. The third kappa shape index (κ3) is 3.37. The highest BCUT2D eigenvalue weighted by Crippen LogP contribution is 2.26. The number of tetrazole rings is 1. The van der Waals surface area contributed by atoms with Crippen LogP contribution in [0, 0.1) is 10.1 Å². The zero-order valence-corrected chi connectivity index (χ0v) is 10.2. The molecule has 100 valence electrons. The first-order valence-electron chi connectivity index (χ1n) is 5.57. The molecule has 0 aliphatic carbocycles. The van der Waals surface area contributed by atoms with Crippen molar-refractivity contribution in [3.63, 3.8) is 0 Å². The van der Waals surface area contributed by atoms with Crippen molar-refractivity contribution in [2.45, 2.75) is 13.5 Å². The number of rotatable bonds is 6. The molecule has 19 heavy (non-hydrogen) atoms. The fraction of sp³-hybridized carbons (Fsp3) is 0.300. The molecule has 9 heteroatoms. The largest absolute Gasteiger partial charge is 0.494 e. The molecule has 0 bridgehead atoms. The Morgan fingerprint density at radius 3 is 2.95 bits per heavy atom. The minimum Gasteiger partial charge on any atom is -0.494 e. The molecule has 1 heterocycles. The second kappa shape index (κ2) is 5.76. The lowest BCUT2D eigenvalue weighted by Gasteiger charge is -2.07. The van der Waals surface area contributed by atoms with Gasteiger partial charge < -0.3 is 10.1 Å². The Morgan fingerprint density at radius 1 is 1.47 bits per heavy atom. The number of anilines is 1. The van der Waals surface area contributed by atoms with Crippen LogP contribution in [0.3, 0.4) is 0 Å². The average Bonchev–Trinajstić information content (AvgIpc) is 2.89. The van der Waals surface area contributed by atoms with Gasteiger partial charge in [0.1, 0.15) is 5.75 Å². The number of H-pyrrole nitrogens is 1. The van der Waals surface area contributed by atoms with E-state index in [1.165, 1.54) is 12.1 Å². The zero-order valence-electron chi connectivity index (χ0n) is 10.2. The summed E-state index contributed by atoms with van der Waals surface area (Å²) in [5, 5.41) is 27.1. The topological polar surface area (TPSA) is 119 Å². The van der Waals surface area contributed by atoms with E-state index in [1.54, 1.807) is 6.07 Å². The van der Waals surface area contributed by atoms with E-state index in [9.17, 15) is 10.1 Å². The molecular weight excluding hydrogens is 252 g/mol. The van der Waals surface area contributed by atoms with Crippen LogP contribution in [0.5, 0.6) is 5.75 Å². The number of nitro groups is 1. The number of hydrogen-bond acceptors (Lipinski definition) is 7. The van der Waals surface area contributed by atoms with Gasteiger partial charge in [0.05, 0.1) is 24.1 Å². The van der Waals surface area contributed by atoms with E-state index in [0.29, 0.717) is 30.4 Å². The Morgan fingerprint density at radius 2 is 2.32 bits per heavy atom. The molecular formula is C10H12N6O3. The summed E-state index contributed by atoms with van der Waals surface area (Å²) in [5.41, 5.74) is 0.518. The smallest absolute Gasteiger partial charge is 0.275 e. The number of nitrogens with zero attached hydrogens (tertiary/aromatic N) is 4. The van der Waals surface area contributed by atoms with E-state index in [0.717, 1.165) is 0 Å². The maximum atomic E-state index is 10.8. The molecule has 1 aromatic carbocycles.